The van der Waals surface area contributed by atoms with Crippen LogP contribution in [0.5, 0.6) is 5.75 Å². The van der Waals surface area contributed by atoms with Gasteiger partial charge >= 0.3 is 0 Å². The Morgan fingerprint density at radius 2 is 2.29 bits per heavy atom. The molecule has 0 fully saturated rings. The van der Waals surface area contributed by atoms with Crippen molar-refractivity contribution in [3.05, 3.63) is 40.0 Å². The number of hydrogen-bond acceptors (Lipinski definition) is 6. The van der Waals surface area contributed by atoms with Crippen molar-refractivity contribution in [3.8, 4) is 5.75 Å². The average Bonchev–Trinajstić information content (AvgIpc) is 2.80. The zero-order valence-electron chi connectivity index (χ0n) is 11.2. The van der Waals surface area contributed by atoms with E-state index in [-0.39, 0.29) is 22.9 Å². The van der Waals surface area contributed by atoms with Gasteiger partial charge in [0.15, 0.2) is 16.7 Å². The van der Waals surface area contributed by atoms with Crippen LogP contribution in [0.4, 0.5) is 10.1 Å². The van der Waals surface area contributed by atoms with Gasteiger partial charge in [-0.1, -0.05) is 0 Å². The number of aromatic nitrogens is 2. The Labute approximate surface area is 123 Å². The highest BCUT2D eigenvalue weighted by molar-refractivity contribution is 7.99. The van der Waals surface area contributed by atoms with E-state index in [0.29, 0.717) is 10.9 Å². The molecule has 0 aliphatic heterocycles. The first-order valence-electron chi connectivity index (χ1n) is 5.79. The fraction of sp³-hybridized carbons (Fsp3) is 0.250. The number of nitro groups is 1. The molecule has 0 unspecified atom stereocenters. The first kappa shape index (κ1) is 15.3. The van der Waals surface area contributed by atoms with Gasteiger partial charge < -0.3 is 14.4 Å². The first-order valence-corrected chi connectivity index (χ1v) is 6.60. The van der Waals surface area contributed by atoms with E-state index in [9.17, 15) is 14.5 Å². The number of aliphatic hydroxyl groups is 1. The number of nitro benzene ring substituents is 1. The molecule has 112 valence electrons. The molecule has 0 spiro atoms. The SMILES string of the molecule is COc1cc(Sc2ncc(CO)n2C)c([N+](=O)[O-])cc1F. The van der Waals surface area contributed by atoms with Crippen molar-refractivity contribution >= 4 is 17.4 Å². The topological polar surface area (TPSA) is 90.4 Å². The van der Waals surface area contributed by atoms with Crippen LogP contribution in [0, 0.1) is 15.9 Å². The molecule has 0 saturated carbocycles. The molecule has 0 aliphatic carbocycles. The molecule has 1 heterocycles. The van der Waals surface area contributed by atoms with Crippen LogP contribution in [-0.2, 0) is 13.7 Å². The molecule has 2 aromatic rings. The summed E-state index contributed by atoms with van der Waals surface area (Å²) in [6.45, 7) is -0.196. The van der Waals surface area contributed by atoms with Crippen molar-refractivity contribution in [1.82, 2.24) is 9.55 Å². The van der Waals surface area contributed by atoms with Gasteiger partial charge in [0, 0.05) is 13.1 Å². The maximum atomic E-state index is 13.6. The summed E-state index contributed by atoms with van der Waals surface area (Å²) in [6, 6.07) is 2.07. The van der Waals surface area contributed by atoms with Gasteiger partial charge in [-0.3, -0.25) is 10.1 Å². The van der Waals surface area contributed by atoms with Crippen LogP contribution in [0.15, 0.2) is 28.4 Å². The molecule has 0 amide bonds. The van der Waals surface area contributed by atoms with Gasteiger partial charge in [-0.05, 0) is 11.8 Å². The van der Waals surface area contributed by atoms with Crippen LogP contribution in [0.2, 0.25) is 0 Å². The van der Waals surface area contributed by atoms with Gasteiger partial charge in [0.05, 0.1) is 41.5 Å². The van der Waals surface area contributed by atoms with Crippen molar-refractivity contribution in [2.75, 3.05) is 7.11 Å². The average molecular weight is 313 g/mol. The number of methoxy groups -OCH3 is 1. The third kappa shape index (κ3) is 2.98. The molecular weight excluding hydrogens is 301 g/mol. The summed E-state index contributed by atoms with van der Waals surface area (Å²) in [5.74, 6) is -0.885. The molecular formula is C12H12FN3O4S. The van der Waals surface area contributed by atoms with Crippen LogP contribution >= 0.6 is 11.8 Å². The number of aliphatic hydroxyl groups excluding tert-OH is 1. The Kier molecular flexibility index (Phi) is 4.43. The van der Waals surface area contributed by atoms with Gasteiger partial charge in [0.25, 0.3) is 5.69 Å². The quantitative estimate of drug-likeness (QED) is 0.671. The van der Waals surface area contributed by atoms with Crippen LogP contribution in [0.1, 0.15) is 5.69 Å². The fourth-order valence-electron chi connectivity index (χ4n) is 1.67. The monoisotopic (exact) mass is 313 g/mol. The Hall–Kier alpha value is -2.13. The van der Waals surface area contributed by atoms with Gasteiger partial charge in [0.2, 0.25) is 0 Å². The fourth-order valence-corrected chi connectivity index (χ4v) is 2.63. The molecule has 0 atom stereocenters. The number of ether oxygens (including phenoxy) is 1. The summed E-state index contributed by atoms with van der Waals surface area (Å²) >= 11 is 0.996. The van der Waals surface area contributed by atoms with Gasteiger partial charge in [-0.25, -0.2) is 9.37 Å². The molecule has 1 aromatic heterocycles. The molecule has 1 N–H and O–H groups in total. The van der Waals surface area contributed by atoms with E-state index in [1.165, 1.54) is 19.4 Å². The lowest BCUT2D eigenvalue weighted by Crippen LogP contribution is -1.99. The van der Waals surface area contributed by atoms with Crippen LogP contribution in [0.3, 0.4) is 0 Å². The van der Waals surface area contributed by atoms with Gasteiger partial charge in [0.1, 0.15) is 0 Å². The summed E-state index contributed by atoms with van der Waals surface area (Å²) in [5, 5.41) is 20.6. The standard InChI is InChI=1S/C12H12FN3O4S/c1-15-7(6-17)5-14-12(15)21-11-4-10(20-2)8(13)3-9(11)16(18)19/h3-5,17H,6H2,1-2H3. The van der Waals surface area contributed by atoms with Crippen LogP contribution in [0.25, 0.3) is 0 Å². The highest BCUT2D eigenvalue weighted by atomic mass is 32.2. The van der Waals surface area contributed by atoms with Gasteiger partial charge in [-0.2, -0.15) is 0 Å². The van der Waals surface area contributed by atoms with E-state index in [4.69, 9.17) is 9.84 Å². The lowest BCUT2D eigenvalue weighted by Gasteiger charge is -2.07. The number of imidazole rings is 1. The van der Waals surface area contributed by atoms with Crippen molar-refractivity contribution in [2.45, 2.75) is 16.7 Å². The number of halogens is 1. The van der Waals surface area contributed by atoms with E-state index in [1.807, 2.05) is 0 Å². The molecule has 0 bridgehead atoms. The lowest BCUT2D eigenvalue weighted by atomic mass is 10.3. The Bertz CT molecular complexity index is 689. The number of nitrogens with zero attached hydrogens (tertiary/aromatic N) is 3. The smallest absolute Gasteiger partial charge is 0.286 e. The number of benzene rings is 1. The van der Waals surface area contributed by atoms with Crippen molar-refractivity contribution in [2.24, 2.45) is 7.05 Å². The predicted octanol–water partition coefficient (Wildman–Crippen LogP) is 2.12. The minimum atomic E-state index is -0.801. The van der Waals surface area contributed by atoms with Crippen molar-refractivity contribution in [1.29, 1.82) is 0 Å². The minimum absolute atomic E-state index is 0.0836. The molecule has 7 nitrogen and oxygen atoms in total. The number of hydrogen-bond donors (Lipinski definition) is 1. The summed E-state index contributed by atoms with van der Waals surface area (Å²) in [6.07, 6.45) is 1.47. The Morgan fingerprint density at radius 3 is 2.81 bits per heavy atom. The lowest BCUT2D eigenvalue weighted by molar-refractivity contribution is -0.387. The Morgan fingerprint density at radius 1 is 1.57 bits per heavy atom. The molecule has 1 aromatic carbocycles. The summed E-state index contributed by atoms with van der Waals surface area (Å²) in [7, 11) is 2.96. The first-order chi connectivity index (χ1) is 9.97. The van der Waals surface area contributed by atoms with Crippen molar-refractivity contribution < 1.29 is 19.2 Å². The van der Waals surface area contributed by atoms with E-state index in [0.717, 1.165) is 17.8 Å². The molecule has 0 radical (unpaired) electrons. The highest BCUT2D eigenvalue weighted by Gasteiger charge is 2.21. The zero-order chi connectivity index (χ0) is 15.6. The van der Waals surface area contributed by atoms with E-state index >= 15 is 0 Å². The second kappa shape index (κ2) is 6.10. The second-order valence-electron chi connectivity index (χ2n) is 4.06. The maximum absolute atomic E-state index is 13.6. The summed E-state index contributed by atoms with van der Waals surface area (Å²) < 4.78 is 20.0. The third-order valence-corrected chi connectivity index (χ3v) is 3.94. The Balaban J connectivity index is 2.46. The minimum Gasteiger partial charge on any atom is -0.494 e. The third-order valence-electron chi connectivity index (χ3n) is 2.84. The van der Waals surface area contributed by atoms with Crippen molar-refractivity contribution in [3.63, 3.8) is 0 Å². The predicted molar refractivity (Wildman–Crippen MR) is 72.9 cm³/mol. The molecule has 9 heteroatoms. The van der Waals surface area contributed by atoms with E-state index in [1.54, 1.807) is 11.6 Å². The van der Waals surface area contributed by atoms with E-state index < -0.39 is 10.7 Å². The van der Waals surface area contributed by atoms with E-state index in [2.05, 4.69) is 4.98 Å². The molecule has 0 saturated heterocycles. The molecule has 0 aliphatic rings. The van der Waals surface area contributed by atoms with Gasteiger partial charge in [-0.15, -0.1) is 0 Å². The summed E-state index contributed by atoms with van der Waals surface area (Å²) in [4.78, 5) is 14.6. The zero-order valence-corrected chi connectivity index (χ0v) is 12.1. The highest BCUT2D eigenvalue weighted by Crippen LogP contribution is 2.38. The molecule has 21 heavy (non-hydrogen) atoms. The number of rotatable bonds is 5. The maximum Gasteiger partial charge on any atom is 0.286 e. The summed E-state index contributed by atoms with van der Waals surface area (Å²) in [5.41, 5.74) is 0.195. The van der Waals surface area contributed by atoms with Crippen LogP contribution < -0.4 is 4.74 Å². The normalized spacial score (nSPS) is 10.7. The second-order valence-corrected chi connectivity index (χ2v) is 5.07. The van der Waals surface area contributed by atoms with Crippen LogP contribution in [-0.4, -0.2) is 26.7 Å². The molecule has 2 rings (SSSR count). The largest absolute Gasteiger partial charge is 0.494 e.